The molecule has 0 fully saturated rings. The van der Waals surface area contributed by atoms with E-state index in [-0.39, 0.29) is 11.3 Å². The van der Waals surface area contributed by atoms with Crippen LogP contribution in [0.5, 0.6) is 0 Å². The first-order chi connectivity index (χ1) is 8.93. The molecule has 1 heterocycles. The van der Waals surface area contributed by atoms with E-state index in [9.17, 15) is 18.0 Å². The van der Waals surface area contributed by atoms with Gasteiger partial charge in [0.1, 0.15) is 0 Å². The lowest BCUT2D eigenvalue weighted by Gasteiger charge is -2.10. The van der Waals surface area contributed by atoms with E-state index in [4.69, 9.17) is 11.6 Å². The number of hydrogen-bond acceptors (Lipinski definition) is 2. The second-order valence-electron chi connectivity index (χ2n) is 3.76. The van der Waals surface area contributed by atoms with Crippen molar-refractivity contribution in [2.75, 3.05) is 0 Å². The molecule has 98 valence electrons. The molecule has 0 unspecified atom stereocenters. The molecule has 0 bridgehead atoms. The molecule has 0 N–H and O–H groups in total. The first kappa shape index (κ1) is 13.5. The second-order valence-corrected chi connectivity index (χ2v) is 4.16. The molecule has 0 amide bonds. The topological polar surface area (TPSA) is 30.0 Å². The number of rotatable bonds is 2. The summed E-state index contributed by atoms with van der Waals surface area (Å²) in [6.07, 6.45) is -3.52. The minimum atomic E-state index is -4.54. The van der Waals surface area contributed by atoms with Crippen LogP contribution in [-0.2, 0) is 6.18 Å². The van der Waals surface area contributed by atoms with Crippen molar-refractivity contribution in [2.24, 2.45) is 0 Å². The smallest absolute Gasteiger partial charge is 0.298 e. The number of carbonyl (C=O) groups excluding carboxylic acids is 1. The first-order valence-corrected chi connectivity index (χ1v) is 5.58. The third-order valence-corrected chi connectivity index (χ3v) is 2.83. The van der Waals surface area contributed by atoms with Crippen molar-refractivity contribution in [1.29, 1.82) is 0 Å². The van der Waals surface area contributed by atoms with Crippen molar-refractivity contribution in [2.45, 2.75) is 6.18 Å². The third-order valence-electron chi connectivity index (χ3n) is 2.50. The highest BCUT2D eigenvalue weighted by Crippen LogP contribution is 2.33. The maximum absolute atomic E-state index is 12.5. The Morgan fingerprint density at radius 3 is 2.47 bits per heavy atom. The van der Waals surface area contributed by atoms with Gasteiger partial charge in [-0.1, -0.05) is 29.8 Å². The summed E-state index contributed by atoms with van der Waals surface area (Å²) in [6.45, 7) is 0. The lowest BCUT2D eigenvalue weighted by Crippen LogP contribution is -2.07. The van der Waals surface area contributed by atoms with Crippen molar-refractivity contribution >= 4 is 17.9 Å². The van der Waals surface area contributed by atoms with Gasteiger partial charge in [-0.25, -0.2) is 0 Å². The quantitative estimate of drug-likeness (QED) is 0.773. The van der Waals surface area contributed by atoms with Gasteiger partial charge in [0.2, 0.25) is 0 Å². The normalized spacial score (nSPS) is 11.4. The minimum absolute atomic E-state index is 0.133. The number of carbonyl (C=O) groups is 1. The van der Waals surface area contributed by atoms with Crippen LogP contribution in [0.4, 0.5) is 13.2 Å². The molecule has 2 aromatic rings. The molecule has 0 spiro atoms. The van der Waals surface area contributed by atoms with Gasteiger partial charge in [-0.2, -0.15) is 13.2 Å². The van der Waals surface area contributed by atoms with Crippen LogP contribution in [0.15, 0.2) is 36.5 Å². The molecule has 1 aromatic carbocycles. The summed E-state index contributed by atoms with van der Waals surface area (Å²) in [7, 11) is 0. The number of nitrogens with zero attached hydrogens (tertiary/aromatic N) is 1. The highest BCUT2D eigenvalue weighted by Gasteiger charge is 2.31. The van der Waals surface area contributed by atoms with Crippen LogP contribution in [0.3, 0.4) is 0 Å². The summed E-state index contributed by atoms with van der Waals surface area (Å²) >= 11 is 5.94. The van der Waals surface area contributed by atoms with E-state index in [0.717, 1.165) is 6.07 Å². The monoisotopic (exact) mass is 285 g/mol. The third kappa shape index (κ3) is 2.76. The fourth-order valence-corrected chi connectivity index (χ4v) is 1.83. The highest BCUT2D eigenvalue weighted by molar-refractivity contribution is 6.33. The van der Waals surface area contributed by atoms with E-state index in [2.05, 4.69) is 4.98 Å². The van der Waals surface area contributed by atoms with Crippen molar-refractivity contribution in [3.05, 3.63) is 52.7 Å². The Morgan fingerprint density at radius 2 is 1.89 bits per heavy atom. The zero-order valence-corrected chi connectivity index (χ0v) is 10.2. The Labute approximate surface area is 111 Å². The van der Waals surface area contributed by atoms with Crippen molar-refractivity contribution < 1.29 is 18.0 Å². The fourth-order valence-electron chi connectivity index (χ4n) is 1.60. The van der Waals surface area contributed by atoms with Crippen molar-refractivity contribution in [3.8, 4) is 11.3 Å². The lowest BCUT2D eigenvalue weighted by atomic mass is 10.0. The molecule has 0 radical (unpaired) electrons. The molecule has 6 heteroatoms. The largest absolute Gasteiger partial charge is 0.417 e. The molecular formula is C13H7ClF3NO. The predicted octanol–water partition coefficient (Wildman–Crippen LogP) is 4.23. The zero-order valence-electron chi connectivity index (χ0n) is 9.41. The molecular weight excluding hydrogens is 279 g/mol. The number of halogens is 4. The molecule has 2 rings (SSSR count). The number of pyridine rings is 1. The molecule has 0 saturated carbocycles. The molecule has 1 aromatic heterocycles. The number of alkyl halides is 3. The summed E-state index contributed by atoms with van der Waals surface area (Å²) in [5.74, 6) is 0. The number of aldehydes is 1. The number of benzene rings is 1. The fraction of sp³-hybridized carbons (Fsp3) is 0.0769. The Hall–Kier alpha value is -1.88. The van der Waals surface area contributed by atoms with Gasteiger partial charge in [0.15, 0.2) is 6.29 Å². The molecule has 0 aliphatic rings. The number of aromatic nitrogens is 1. The Morgan fingerprint density at radius 1 is 1.21 bits per heavy atom. The van der Waals surface area contributed by atoms with Gasteiger partial charge in [0.05, 0.1) is 11.3 Å². The van der Waals surface area contributed by atoms with Gasteiger partial charge < -0.3 is 0 Å². The number of hydrogen-bond donors (Lipinski definition) is 0. The van der Waals surface area contributed by atoms with Gasteiger partial charge >= 0.3 is 6.18 Å². The van der Waals surface area contributed by atoms with Crippen molar-refractivity contribution in [3.63, 3.8) is 0 Å². The Kier molecular flexibility index (Phi) is 3.57. The van der Waals surface area contributed by atoms with Crippen LogP contribution in [-0.4, -0.2) is 11.3 Å². The van der Waals surface area contributed by atoms with Gasteiger partial charge in [0, 0.05) is 22.3 Å². The predicted molar refractivity (Wildman–Crippen MR) is 65.1 cm³/mol. The summed E-state index contributed by atoms with van der Waals surface area (Å²) < 4.78 is 37.6. The van der Waals surface area contributed by atoms with Gasteiger partial charge in [-0.3, -0.25) is 9.78 Å². The maximum atomic E-state index is 12.5. The van der Waals surface area contributed by atoms with E-state index >= 15 is 0 Å². The average Bonchev–Trinajstić information content (AvgIpc) is 2.37. The van der Waals surface area contributed by atoms with Crippen LogP contribution in [0.1, 0.15) is 15.9 Å². The second kappa shape index (κ2) is 5.01. The van der Waals surface area contributed by atoms with Crippen LogP contribution >= 0.6 is 11.6 Å². The van der Waals surface area contributed by atoms with Crippen LogP contribution in [0.2, 0.25) is 5.02 Å². The van der Waals surface area contributed by atoms with Gasteiger partial charge in [-0.15, -0.1) is 0 Å². The molecule has 0 atom stereocenters. The molecule has 0 aliphatic carbocycles. The minimum Gasteiger partial charge on any atom is -0.298 e. The summed E-state index contributed by atoms with van der Waals surface area (Å²) in [5, 5.41) is 0.317. The van der Waals surface area contributed by atoms with Gasteiger partial charge in [-0.05, 0) is 12.1 Å². The molecule has 0 aliphatic heterocycles. The lowest BCUT2D eigenvalue weighted by molar-refractivity contribution is -0.137. The maximum Gasteiger partial charge on any atom is 0.417 e. The SMILES string of the molecule is O=Cc1cc(C(F)(F)F)cnc1-c1ccccc1Cl. The molecule has 19 heavy (non-hydrogen) atoms. The van der Waals surface area contributed by atoms with E-state index in [1.54, 1.807) is 24.3 Å². The molecule has 0 saturated heterocycles. The van der Waals surface area contributed by atoms with Crippen molar-refractivity contribution in [1.82, 2.24) is 4.98 Å². The summed E-state index contributed by atoms with van der Waals surface area (Å²) in [5.41, 5.74) is -0.568. The van der Waals surface area contributed by atoms with E-state index in [1.165, 1.54) is 0 Å². The summed E-state index contributed by atoms with van der Waals surface area (Å²) in [6, 6.07) is 7.26. The highest BCUT2D eigenvalue weighted by atomic mass is 35.5. The Bertz CT molecular complexity index is 626. The van der Waals surface area contributed by atoms with E-state index in [0.29, 0.717) is 23.1 Å². The molecule has 2 nitrogen and oxygen atoms in total. The zero-order chi connectivity index (χ0) is 14.0. The van der Waals surface area contributed by atoms with E-state index in [1.807, 2.05) is 0 Å². The van der Waals surface area contributed by atoms with Crippen LogP contribution in [0.25, 0.3) is 11.3 Å². The van der Waals surface area contributed by atoms with E-state index < -0.39 is 11.7 Å². The van der Waals surface area contributed by atoms with Crippen LogP contribution < -0.4 is 0 Å². The standard InChI is InChI=1S/C13H7ClF3NO/c14-11-4-2-1-3-10(11)12-8(7-19)5-9(6-18-12)13(15,16)17/h1-7H. The average molecular weight is 286 g/mol. The first-order valence-electron chi connectivity index (χ1n) is 5.21. The van der Waals surface area contributed by atoms with Crippen LogP contribution in [0, 0.1) is 0 Å². The summed E-state index contributed by atoms with van der Waals surface area (Å²) in [4.78, 5) is 14.7. The Balaban J connectivity index is 2.60. The van der Waals surface area contributed by atoms with Gasteiger partial charge in [0.25, 0.3) is 0 Å².